The fourth-order valence-corrected chi connectivity index (χ4v) is 1.10. The molecule has 0 aliphatic heterocycles. The molecule has 1 rings (SSSR count). The molecule has 0 atom stereocenters. The highest BCUT2D eigenvalue weighted by Crippen LogP contribution is 2.12. The third-order valence-electron chi connectivity index (χ3n) is 1.68. The third kappa shape index (κ3) is 1.77. The van der Waals surface area contributed by atoms with Gasteiger partial charge in [0.2, 0.25) is 0 Å². The van der Waals surface area contributed by atoms with E-state index in [-0.39, 0.29) is 17.3 Å². The molecule has 1 heterocycles. The highest BCUT2D eigenvalue weighted by molar-refractivity contribution is 5.94. The lowest BCUT2D eigenvalue weighted by Crippen LogP contribution is -2.14. The van der Waals surface area contributed by atoms with E-state index in [0.717, 1.165) is 0 Å². The summed E-state index contributed by atoms with van der Waals surface area (Å²) in [4.78, 5) is 22.2. The molecule has 0 aliphatic carbocycles. The van der Waals surface area contributed by atoms with E-state index in [1.165, 1.54) is 20.1 Å². The highest BCUT2D eigenvalue weighted by Gasteiger charge is 2.12. The van der Waals surface area contributed by atoms with Crippen molar-refractivity contribution in [3.05, 3.63) is 27.6 Å². The van der Waals surface area contributed by atoms with Crippen LogP contribution in [0.5, 0.6) is 5.95 Å². The molecule has 0 N–H and O–H groups in total. The molecule has 0 unspecified atom stereocenters. The van der Waals surface area contributed by atoms with Gasteiger partial charge in [0.1, 0.15) is 5.56 Å². The Morgan fingerprint density at radius 2 is 2.15 bits per heavy atom. The second-order valence-corrected chi connectivity index (χ2v) is 2.67. The smallest absolute Gasteiger partial charge is 0.349 e. The van der Waals surface area contributed by atoms with Crippen LogP contribution in [0, 0.1) is 6.92 Å². The van der Waals surface area contributed by atoms with Crippen LogP contribution < -0.4 is 10.4 Å². The number of carbonyl (C=O) groups excluding carboxylic acids is 1. The largest absolute Gasteiger partial charge is 0.468 e. The zero-order chi connectivity index (χ0) is 10.0. The maximum atomic E-state index is 11.2. The molecule has 13 heavy (non-hydrogen) atoms. The van der Waals surface area contributed by atoms with Crippen LogP contribution in [0.2, 0.25) is 0 Å². The van der Waals surface area contributed by atoms with Gasteiger partial charge in [0.15, 0.2) is 5.78 Å². The Morgan fingerprint density at radius 1 is 1.54 bits per heavy atom. The first-order chi connectivity index (χ1) is 6.06. The summed E-state index contributed by atoms with van der Waals surface area (Å²) in [5.41, 5.74) is 0.00532. The molecule has 0 spiro atoms. The van der Waals surface area contributed by atoms with Gasteiger partial charge in [0, 0.05) is 6.07 Å². The van der Waals surface area contributed by atoms with Crippen LogP contribution in [0.25, 0.3) is 0 Å². The van der Waals surface area contributed by atoms with E-state index in [9.17, 15) is 9.59 Å². The monoisotopic (exact) mass is 182 g/mol. The fourth-order valence-electron chi connectivity index (χ4n) is 1.10. The summed E-state index contributed by atoms with van der Waals surface area (Å²) >= 11 is 0. The molecular formula is C9H10O4. The minimum Gasteiger partial charge on any atom is -0.468 e. The minimum atomic E-state index is -0.649. The zero-order valence-electron chi connectivity index (χ0n) is 7.71. The van der Waals surface area contributed by atoms with E-state index in [1.54, 1.807) is 6.92 Å². The van der Waals surface area contributed by atoms with E-state index in [1.807, 2.05) is 0 Å². The van der Waals surface area contributed by atoms with Crippen molar-refractivity contribution in [2.45, 2.75) is 13.8 Å². The number of Topliss-reactive ketones (excluding diaryl/α,β-unsaturated/α-hetero) is 1. The number of carbonyl (C=O) groups is 1. The van der Waals surface area contributed by atoms with Gasteiger partial charge in [0.05, 0.1) is 7.11 Å². The van der Waals surface area contributed by atoms with Crippen LogP contribution in [0.3, 0.4) is 0 Å². The third-order valence-corrected chi connectivity index (χ3v) is 1.68. The van der Waals surface area contributed by atoms with Crippen LogP contribution in [0.1, 0.15) is 22.8 Å². The first-order valence-electron chi connectivity index (χ1n) is 3.76. The number of rotatable bonds is 2. The zero-order valence-corrected chi connectivity index (χ0v) is 7.71. The Labute approximate surface area is 75.1 Å². The maximum Gasteiger partial charge on any atom is 0.349 e. The van der Waals surface area contributed by atoms with Gasteiger partial charge in [0.25, 0.3) is 5.95 Å². The summed E-state index contributed by atoms with van der Waals surface area (Å²) in [5.74, 6) is -0.179. The number of methoxy groups -OCH3 is 1. The van der Waals surface area contributed by atoms with E-state index < -0.39 is 5.63 Å². The van der Waals surface area contributed by atoms with Crippen molar-refractivity contribution >= 4 is 5.78 Å². The Morgan fingerprint density at radius 3 is 2.54 bits per heavy atom. The lowest BCUT2D eigenvalue weighted by molar-refractivity contribution is 0.101. The quantitative estimate of drug-likeness (QED) is 0.644. The molecular weight excluding hydrogens is 172 g/mol. The van der Waals surface area contributed by atoms with Gasteiger partial charge in [-0.05, 0) is 19.4 Å². The maximum absolute atomic E-state index is 11.2. The molecule has 0 saturated heterocycles. The summed E-state index contributed by atoms with van der Waals surface area (Å²) < 4.78 is 9.43. The molecule has 70 valence electrons. The fraction of sp³-hybridized carbons (Fsp3) is 0.333. The summed E-state index contributed by atoms with van der Waals surface area (Å²) in [6.45, 7) is 2.99. The van der Waals surface area contributed by atoms with Crippen LogP contribution >= 0.6 is 0 Å². The molecule has 0 aliphatic rings. The average molecular weight is 182 g/mol. The van der Waals surface area contributed by atoms with Crippen LogP contribution in [-0.2, 0) is 0 Å². The van der Waals surface area contributed by atoms with E-state index in [0.29, 0.717) is 5.56 Å². The van der Waals surface area contributed by atoms with Crippen molar-refractivity contribution in [2.75, 3.05) is 7.11 Å². The number of hydrogen-bond donors (Lipinski definition) is 0. The first-order valence-corrected chi connectivity index (χ1v) is 3.76. The minimum absolute atomic E-state index is 0.0841. The lowest BCUT2D eigenvalue weighted by atomic mass is 10.1. The first kappa shape index (κ1) is 9.51. The van der Waals surface area contributed by atoms with Gasteiger partial charge in [-0.2, -0.15) is 0 Å². The molecule has 0 radical (unpaired) electrons. The topological polar surface area (TPSA) is 56.5 Å². The van der Waals surface area contributed by atoms with E-state index in [2.05, 4.69) is 0 Å². The lowest BCUT2D eigenvalue weighted by Gasteiger charge is -2.01. The van der Waals surface area contributed by atoms with Gasteiger partial charge in [-0.3, -0.25) is 4.79 Å². The Kier molecular flexibility index (Phi) is 2.51. The number of hydrogen-bond acceptors (Lipinski definition) is 4. The molecule has 1 aromatic rings. The molecule has 4 nitrogen and oxygen atoms in total. The highest BCUT2D eigenvalue weighted by atomic mass is 16.6. The Hall–Kier alpha value is -1.58. The predicted molar refractivity (Wildman–Crippen MR) is 46.3 cm³/mol. The second kappa shape index (κ2) is 3.43. The normalized spacial score (nSPS) is 9.77. The molecule has 1 aromatic heterocycles. The van der Waals surface area contributed by atoms with Crippen molar-refractivity contribution in [2.24, 2.45) is 0 Å². The summed E-state index contributed by atoms with van der Waals surface area (Å²) in [6, 6.07) is 1.51. The van der Waals surface area contributed by atoms with Crippen molar-refractivity contribution in [3.63, 3.8) is 0 Å². The van der Waals surface area contributed by atoms with Crippen LogP contribution in [-0.4, -0.2) is 12.9 Å². The second-order valence-electron chi connectivity index (χ2n) is 2.67. The van der Waals surface area contributed by atoms with Crippen LogP contribution in [0.4, 0.5) is 0 Å². The molecule has 0 bridgehead atoms. The molecule has 0 aromatic carbocycles. The Bertz CT molecular complexity index is 389. The van der Waals surface area contributed by atoms with Gasteiger partial charge in [-0.15, -0.1) is 0 Å². The predicted octanol–water partition coefficient (Wildman–Crippen LogP) is 1.16. The summed E-state index contributed by atoms with van der Waals surface area (Å²) in [6.07, 6.45) is 0. The van der Waals surface area contributed by atoms with Crippen molar-refractivity contribution < 1.29 is 13.9 Å². The van der Waals surface area contributed by atoms with Gasteiger partial charge in [-0.25, -0.2) is 4.79 Å². The SMILES string of the molecule is COc1cc(C)c(C(C)=O)c(=O)o1. The summed E-state index contributed by atoms with van der Waals surface area (Å²) in [5, 5.41) is 0. The van der Waals surface area contributed by atoms with Gasteiger partial charge in [-0.1, -0.05) is 0 Å². The van der Waals surface area contributed by atoms with Crippen molar-refractivity contribution in [3.8, 4) is 5.95 Å². The van der Waals surface area contributed by atoms with Gasteiger partial charge >= 0.3 is 5.63 Å². The van der Waals surface area contributed by atoms with Crippen molar-refractivity contribution in [1.82, 2.24) is 0 Å². The van der Waals surface area contributed by atoms with E-state index in [4.69, 9.17) is 9.15 Å². The van der Waals surface area contributed by atoms with Gasteiger partial charge < -0.3 is 9.15 Å². The summed E-state index contributed by atoms with van der Waals surface area (Å²) in [7, 11) is 1.39. The van der Waals surface area contributed by atoms with Crippen molar-refractivity contribution in [1.29, 1.82) is 0 Å². The average Bonchev–Trinajstić information content (AvgIpc) is 2.02. The Balaban J connectivity index is 3.40. The molecule has 0 fully saturated rings. The standard InChI is InChI=1S/C9H10O4/c1-5-4-7(12-3)13-9(11)8(5)6(2)10/h4H,1-3H3. The van der Waals surface area contributed by atoms with Crippen LogP contribution in [0.15, 0.2) is 15.3 Å². The molecule has 4 heteroatoms. The van der Waals surface area contributed by atoms with E-state index >= 15 is 0 Å². The molecule has 0 amide bonds. The number of ether oxygens (including phenoxy) is 1. The number of ketones is 1. The molecule has 0 saturated carbocycles. The number of aryl methyl sites for hydroxylation is 1.